The van der Waals surface area contributed by atoms with E-state index >= 15 is 0 Å². The molecule has 0 aliphatic heterocycles. The van der Waals surface area contributed by atoms with E-state index in [1.165, 1.54) is 18.9 Å². The maximum atomic E-state index is 11.5. The van der Waals surface area contributed by atoms with Crippen LogP contribution in [-0.4, -0.2) is 12.5 Å². The summed E-state index contributed by atoms with van der Waals surface area (Å²) in [6.07, 6.45) is 5.62. The lowest BCUT2D eigenvalue weighted by atomic mass is 10.2. The van der Waals surface area contributed by atoms with Crippen LogP contribution in [0.15, 0.2) is 24.3 Å². The molecule has 0 bridgehead atoms. The second kappa shape index (κ2) is 5.56. The normalized spacial score (nSPS) is 15.2. The molecule has 1 aromatic carbocycles. The van der Waals surface area contributed by atoms with Crippen LogP contribution >= 0.6 is 23.2 Å². The number of amides is 1. The van der Waals surface area contributed by atoms with Crippen LogP contribution < -0.4 is 5.32 Å². The van der Waals surface area contributed by atoms with Crippen molar-refractivity contribution in [2.45, 2.75) is 12.8 Å². The first-order valence-corrected chi connectivity index (χ1v) is 6.32. The largest absolute Gasteiger partial charge is 0.352 e. The van der Waals surface area contributed by atoms with Gasteiger partial charge in [0.2, 0.25) is 5.91 Å². The molecule has 1 aliphatic carbocycles. The van der Waals surface area contributed by atoms with Crippen LogP contribution in [0.5, 0.6) is 0 Å². The smallest absolute Gasteiger partial charge is 0.244 e. The fourth-order valence-corrected chi connectivity index (χ4v) is 1.79. The molecule has 2 rings (SSSR count). The van der Waals surface area contributed by atoms with Crippen molar-refractivity contribution in [1.29, 1.82) is 0 Å². The summed E-state index contributed by atoms with van der Waals surface area (Å²) in [4.78, 5) is 11.5. The van der Waals surface area contributed by atoms with E-state index in [1.54, 1.807) is 24.3 Å². The Labute approximate surface area is 111 Å². The van der Waals surface area contributed by atoms with Crippen LogP contribution in [-0.2, 0) is 4.79 Å². The van der Waals surface area contributed by atoms with E-state index in [0.717, 1.165) is 12.1 Å². The molecule has 0 atom stereocenters. The van der Waals surface area contributed by atoms with Crippen LogP contribution in [0, 0.1) is 5.92 Å². The van der Waals surface area contributed by atoms with Crippen molar-refractivity contribution in [3.63, 3.8) is 0 Å². The Morgan fingerprint density at radius 1 is 1.41 bits per heavy atom. The van der Waals surface area contributed by atoms with Crippen LogP contribution in [0.4, 0.5) is 0 Å². The molecule has 1 aromatic rings. The van der Waals surface area contributed by atoms with Gasteiger partial charge in [-0.15, -0.1) is 0 Å². The monoisotopic (exact) mass is 269 g/mol. The highest BCUT2D eigenvalue weighted by Crippen LogP contribution is 2.27. The van der Waals surface area contributed by atoms with E-state index < -0.39 is 0 Å². The molecular weight excluding hydrogens is 257 g/mol. The third-order valence-corrected chi connectivity index (χ3v) is 3.21. The van der Waals surface area contributed by atoms with Crippen molar-refractivity contribution in [2.75, 3.05) is 6.54 Å². The standard InChI is InChI=1S/C13H13Cl2NO/c14-11-4-5-12(15)10(7-11)3-6-13(17)16-8-9-1-2-9/h3-7,9H,1-2,8H2,(H,16,17)/b6-3+. The van der Waals surface area contributed by atoms with Gasteiger partial charge in [-0.1, -0.05) is 23.2 Å². The molecule has 1 fully saturated rings. The molecule has 90 valence electrons. The Hall–Kier alpha value is -0.990. The van der Waals surface area contributed by atoms with Gasteiger partial charge in [0.25, 0.3) is 0 Å². The average molecular weight is 270 g/mol. The molecule has 0 spiro atoms. The number of rotatable bonds is 4. The number of carbonyl (C=O) groups excluding carboxylic acids is 1. The van der Waals surface area contributed by atoms with Crippen LogP contribution in [0.2, 0.25) is 10.0 Å². The fraction of sp³-hybridized carbons (Fsp3) is 0.308. The van der Waals surface area contributed by atoms with Crippen molar-refractivity contribution >= 4 is 35.2 Å². The molecule has 2 nitrogen and oxygen atoms in total. The second-order valence-electron chi connectivity index (χ2n) is 4.19. The van der Waals surface area contributed by atoms with Crippen LogP contribution in [0.25, 0.3) is 6.08 Å². The summed E-state index contributed by atoms with van der Waals surface area (Å²) in [7, 11) is 0. The summed E-state index contributed by atoms with van der Waals surface area (Å²) >= 11 is 11.8. The molecule has 1 aliphatic rings. The van der Waals surface area contributed by atoms with Gasteiger partial charge in [0.1, 0.15) is 0 Å². The van der Waals surface area contributed by atoms with Crippen molar-refractivity contribution < 1.29 is 4.79 Å². The molecule has 17 heavy (non-hydrogen) atoms. The van der Waals surface area contributed by atoms with Gasteiger partial charge in [-0.25, -0.2) is 0 Å². The van der Waals surface area contributed by atoms with Crippen molar-refractivity contribution in [2.24, 2.45) is 5.92 Å². The summed E-state index contributed by atoms with van der Waals surface area (Å²) in [5.74, 6) is 0.593. The number of hydrogen-bond donors (Lipinski definition) is 1. The lowest BCUT2D eigenvalue weighted by Crippen LogP contribution is -2.23. The van der Waals surface area contributed by atoms with Gasteiger partial charge in [-0.2, -0.15) is 0 Å². The van der Waals surface area contributed by atoms with E-state index in [9.17, 15) is 4.79 Å². The van der Waals surface area contributed by atoms with Crippen molar-refractivity contribution in [3.05, 3.63) is 39.9 Å². The first-order valence-electron chi connectivity index (χ1n) is 5.56. The number of carbonyl (C=O) groups is 1. The molecule has 4 heteroatoms. The van der Waals surface area contributed by atoms with Gasteiger partial charge < -0.3 is 5.32 Å². The van der Waals surface area contributed by atoms with E-state index in [0.29, 0.717) is 16.0 Å². The zero-order valence-corrected chi connectivity index (χ0v) is 10.8. The molecule has 0 unspecified atom stereocenters. The average Bonchev–Trinajstić information content (AvgIpc) is 3.11. The van der Waals surface area contributed by atoms with Gasteiger partial charge in [-0.3, -0.25) is 4.79 Å². The number of hydrogen-bond acceptors (Lipinski definition) is 1. The summed E-state index contributed by atoms with van der Waals surface area (Å²) in [6, 6.07) is 5.16. The lowest BCUT2D eigenvalue weighted by molar-refractivity contribution is -0.116. The van der Waals surface area contributed by atoms with Gasteiger partial charge in [-0.05, 0) is 48.6 Å². The Balaban J connectivity index is 1.93. The SMILES string of the molecule is O=C(/C=C/c1cc(Cl)ccc1Cl)NCC1CC1. The van der Waals surface area contributed by atoms with Crippen molar-refractivity contribution in [1.82, 2.24) is 5.32 Å². The van der Waals surface area contributed by atoms with Gasteiger partial charge in [0.15, 0.2) is 0 Å². The second-order valence-corrected chi connectivity index (χ2v) is 5.03. The fourth-order valence-electron chi connectivity index (χ4n) is 1.43. The summed E-state index contributed by atoms with van der Waals surface area (Å²) < 4.78 is 0. The summed E-state index contributed by atoms with van der Waals surface area (Å²) in [5, 5.41) is 4.04. The molecule has 1 saturated carbocycles. The molecule has 1 amide bonds. The third kappa shape index (κ3) is 4.06. The maximum absolute atomic E-state index is 11.5. The Bertz CT molecular complexity index is 453. The minimum atomic E-state index is -0.0899. The van der Waals surface area contributed by atoms with Crippen molar-refractivity contribution in [3.8, 4) is 0 Å². The molecule has 0 saturated heterocycles. The van der Waals surface area contributed by atoms with E-state index in [1.807, 2.05) is 0 Å². The third-order valence-electron chi connectivity index (χ3n) is 2.63. The van der Waals surface area contributed by atoms with Crippen LogP contribution in [0.1, 0.15) is 18.4 Å². The number of benzene rings is 1. The predicted octanol–water partition coefficient (Wildman–Crippen LogP) is 3.53. The first-order chi connectivity index (χ1) is 8.15. The van der Waals surface area contributed by atoms with Gasteiger partial charge in [0, 0.05) is 22.7 Å². The lowest BCUT2D eigenvalue weighted by Gasteiger charge is -2.00. The zero-order valence-electron chi connectivity index (χ0n) is 9.25. The quantitative estimate of drug-likeness (QED) is 0.833. The predicted molar refractivity (Wildman–Crippen MR) is 71.2 cm³/mol. The van der Waals surface area contributed by atoms with E-state index in [-0.39, 0.29) is 5.91 Å². The highest BCUT2D eigenvalue weighted by Gasteiger charge is 2.20. The molecule has 0 aromatic heterocycles. The molecule has 0 heterocycles. The highest BCUT2D eigenvalue weighted by atomic mass is 35.5. The molecule has 0 radical (unpaired) electrons. The van der Waals surface area contributed by atoms with Gasteiger partial charge in [0.05, 0.1) is 0 Å². The van der Waals surface area contributed by atoms with E-state index in [4.69, 9.17) is 23.2 Å². The highest BCUT2D eigenvalue weighted by molar-refractivity contribution is 6.34. The van der Waals surface area contributed by atoms with Gasteiger partial charge >= 0.3 is 0 Å². The molecule has 1 N–H and O–H groups in total. The van der Waals surface area contributed by atoms with E-state index in [2.05, 4.69) is 5.32 Å². The van der Waals surface area contributed by atoms with Crippen LogP contribution in [0.3, 0.4) is 0 Å². The Kier molecular flexibility index (Phi) is 4.08. The topological polar surface area (TPSA) is 29.1 Å². The summed E-state index contributed by atoms with van der Waals surface area (Å²) in [6.45, 7) is 0.770. The number of nitrogens with one attached hydrogen (secondary N) is 1. The molecular formula is C13H13Cl2NO. The maximum Gasteiger partial charge on any atom is 0.244 e. The Morgan fingerprint density at radius 3 is 2.88 bits per heavy atom. The Morgan fingerprint density at radius 2 is 2.18 bits per heavy atom. The minimum Gasteiger partial charge on any atom is -0.352 e. The first kappa shape index (κ1) is 12.5. The summed E-state index contributed by atoms with van der Waals surface area (Å²) in [5.41, 5.74) is 0.751. The zero-order chi connectivity index (χ0) is 12.3. The minimum absolute atomic E-state index is 0.0899. The number of halogens is 2.